The highest BCUT2D eigenvalue weighted by molar-refractivity contribution is 5.69. The van der Waals surface area contributed by atoms with Gasteiger partial charge >= 0.3 is 12.0 Å². The van der Waals surface area contributed by atoms with Crippen molar-refractivity contribution in [3.05, 3.63) is 11.8 Å². The second-order valence-electron chi connectivity index (χ2n) is 2.34. The van der Waals surface area contributed by atoms with E-state index in [4.69, 9.17) is 15.6 Å². The van der Waals surface area contributed by atoms with Gasteiger partial charge in [0, 0.05) is 6.07 Å². The molecular weight excluding hydrogens is 174 g/mol. The van der Waals surface area contributed by atoms with Crippen LogP contribution in [0.1, 0.15) is 5.69 Å². The minimum atomic E-state index is -0.972. The van der Waals surface area contributed by atoms with Crippen LogP contribution >= 0.6 is 0 Å². The van der Waals surface area contributed by atoms with Gasteiger partial charge in [0.1, 0.15) is 5.82 Å². The zero-order chi connectivity index (χ0) is 9.84. The van der Waals surface area contributed by atoms with Crippen molar-refractivity contribution in [3.8, 4) is 6.01 Å². The average molecular weight is 183 g/mol. The molecule has 0 saturated carbocycles. The van der Waals surface area contributed by atoms with Gasteiger partial charge in [0.05, 0.1) is 19.2 Å². The number of anilines is 1. The third kappa shape index (κ3) is 2.58. The van der Waals surface area contributed by atoms with Crippen LogP contribution in [0.15, 0.2) is 6.07 Å². The summed E-state index contributed by atoms with van der Waals surface area (Å²) in [5, 5.41) is 8.48. The Balaban J connectivity index is 2.94. The van der Waals surface area contributed by atoms with E-state index in [1.165, 1.54) is 13.2 Å². The molecule has 0 aliphatic heterocycles. The first kappa shape index (κ1) is 9.24. The predicted molar refractivity (Wildman–Crippen MR) is 44.3 cm³/mol. The molecule has 0 radical (unpaired) electrons. The third-order valence-corrected chi connectivity index (χ3v) is 1.29. The molecule has 0 amide bonds. The number of carboxylic acids is 1. The Morgan fingerprint density at radius 1 is 1.69 bits per heavy atom. The number of nitrogen functional groups attached to an aromatic ring is 1. The van der Waals surface area contributed by atoms with Crippen LogP contribution < -0.4 is 10.5 Å². The van der Waals surface area contributed by atoms with Gasteiger partial charge in [-0.2, -0.15) is 9.97 Å². The summed E-state index contributed by atoms with van der Waals surface area (Å²) in [5.74, 6) is -0.775. The van der Waals surface area contributed by atoms with Crippen molar-refractivity contribution in [3.63, 3.8) is 0 Å². The molecule has 6 heteroatoms. The van der Waals surface area contributed by atoms with Crippen LogP contribution in [0.3, 0.4) is 0 Å². The van der Waals surface area contributed by atoms with Gasteiger partial charge in [0.25, 0.3) is 0 Å². The zero-order valence-corrected chi connectivity index (χ0v) is 7.02. The van der Waals surface area contributed by atoms with Gasteiger partial charge in [-0.15, -0.1) is 0 Å². The van der Waals surface area contributed by atoms with Crippen molar-refractivity contribution in [1.82, 2.24) is 9.97 Å². The summed E-state index contributed by atoms with van der Waals surface area (Å²) in [6.07, 6.45) is -0.191. The number of carboxylic acid groups (broad SMARTS) is 1. The van der Waals surface area contributed by atoms with Gasteiger partial charge in [0.15, 0.2) is 0 Å². The SMILES string of the molecule is COc1nc(N)cc(CC(=O)O)n1. The molecule has 13 heavy (non-hydrogen) atoms. The fourth-order valence-electron chi connectivity index (χ4n) is 0.830. The largest absolute Gasteiger partial charge is 0.481 e. The molecule has 0 saturated heterocycles. The Labute approximate surface area is 74.4 Å². The zero-order valence-electron chi connectivity index (χ0n) is 7.02. The quantitative estimate of drug-likeness (QED) is 0.667. The lowest BCUT2D eigenvalue weighted by molar-refractivity contribution is -0.136. The van der Waals surface area contributed by atoms with Gasteiger partial charge < -0.3 is 15.6 Å². The molecule has 0 aliphatic rings. The average Bonchev–Trinajstić information content (AvgIpc) is 2.01. The van der Waals surface area contributed by atoms with E-state index in [9.17, 15) is 4.79 Å². The number of aromatic nitrogens is 2. The molecule has 6 nitrogen and oxygen atoms in total. The van der Waals surface area contributed by atoms with Crippen LogP contribution in [0.4, 0.5) is 5.82 Å². The first-order chi connectivity index (χ1) is 6.11. The van der Waals surface area contributed by atoms with Gasteiger partial charge in [-0.25, -0.2) is 0 Å². The van der Waals surface area contributed by atoms with Crippen molar-refractivity contribution in [1.29, 1.82) is 0 Å². The Bertz CT molecular complexity index is 327. The lowest BCUT2D eigenvalue weighted by atomic mass is 10.3. The van der Waals surface area contributed by atoms with Crippen LogP contribution in [0.5, 0.6) is 6.01 Å². The topological polar surface area (TPSA) is 98.3 Å². The molecule has 1 heterocycles. The van der Waals surface area contributed by atoms with Gasteiger partial charge in [-0.3, -0.25) is 4.79 Å². The molecule has 1 aromatic rings. The van der Waals surface area contributed by atoms with Crippen molar-refractivity contribution in [2.24, 2.45) is 0 Å². The molecule has 1 rings (SSSR count). The lowest BCUT2D eigenvalue weighted by Crippen LogP contribution is -2.06. The third-order valence-electron chi connectivity index (χ3n) is 1.29. The van der Waals surface area contributed by atoms with Gasteiger partial charge in [0.2, 0.25) is 0 Å². The lowest BCUT2D eigenvalue weighted by Gasteiger charge is -2.01. The Kier molecular flexibility index (Phi) is 2.63. The summed E-state index contributed by atoms with van der Waals surface area (Å²) in [5.41, 5.74) is 5.72. The normalized spacial score (nSPS) is 9.62. The molecule has 0 spiro atoms. The molecule has 0 atom stereocenters. The fourth-order valence-corrected chi connectivity index (χ4v) is 0.830. The second kappa shape index (κ2) is 3.70. The van der Waals surface area contributed by atoms with Crippen molar-refractivity contribution in [2.75, 3.05) is 12.8 Å². The predicted octanol–water partition coefficient (Wildman–Crippen LogP) is -0.305. The number of nitrogens with zero attached hydrogens (tertiary/aromatic N) is 2. The summed E-state index contributed by atoms with van der Waals surface area (Å²) in [4.78, 5) is 17.8. The van der Waals surface area contributed by atoms with Crippen LogP contribution in [0, 0.1) is 0 Å². The van der Waals surface area contributed by atoms with E-state index < -0.39 is 5.97 Å². The number of hydrogen-bond donors (Lipinski definition) is 2. The van der Waals surface area contributed by atoms with Crippen molar-refractivity contribution < 1.29 is 14.6 Å². The van der Waals surface area contributed by atoms with Crippen LogP contribution in [0.2, 0.25) is 0 Å². The summed E-state index contributed by atoms with van der Waals surface area (Å²) in [6.45, 7) is 0. The van der Waals surface area contributed by atoms with E-state index in [-0.39, 0.29) is 18.2 Å². The van der Waals surface area contributed by atoms with Crippen LogP contribution in [0.25, 0.3) is 0 Å². The minimum Gasteiger partial charge on any atom is -0.481 e. The van der Waals surface area contributed by atoms with E-state index in [1.54, 1.807) is 0 Å². The molecule has 0 aromatic carbocycles. The number of nitrogens with two attached hydrogens (primary N) is 1. The molecule has 1 aromatic heterocycles. The maximum Gasteiger partial charge on any atom is 0.318 e. The summed E-state index contributed by atoms with van der Waals surface area (Å²) < 4.78 is 4.72. The molecule has 0 bridgehead atoms. The van der Waals surface area contributed by atoms with E-state index in [0.29, 0.717) is 5.69 Å². The molecule has 0 aliphatic carbocycles. The summed E-state index contributed by atoms with van der Waals surface area (Å²) >= 11 is 0. The Morgan fingerprint density at radius 2 is 2.38 bits per heavy atom. The van der Waals surface area contributed by atoms with Crippen molar-refractivity contribution >= 4 is 11.8 Å². The van der Waals surface area contributed by atoms with Crippen LogP contribution in [-0.4, -0.2) is 28.2 Å². The Morgan fingerprint density at radius 3 is 2.92 bits per heavy atom. The smallest absolute Gasteiger partial charge is 0.318 e. The standard InChI is InChI=1S/C7H9N3O3/c1-13-7-9-4(3-6(11)12)2-5(8)10-7/h2H,3H2,1H3,(H,11,12)(H2,8,9,10). The monoisotopic (exact) mass is 183 g/mol. The first-order valence-corrected chi connectivity index (χ1v) is 3.51. The molecule has 0 unspecified atom stereocenters. The molecule has 3 N–H and O–H groups in total. The summed E-state index contributed by atoms with van der Waals surface area (Å²) in [6, 6.07) is 1.48. The maximum atomic E-state index is 10.3. The summed E-state index contributed by atoms with van der Waals surface area (Å²) in [7, 11) is 1.39. The van der Waals surface area contributed by atoms with E-state index in [1.807, 2.05) is 0 Å². The molecule has 0 fully saturated rings. The highest BCUT2D eigenvalue weighted by Gasteiger charge is 2.06. The van der Waals surface area contributed by atoms with Gasteiger partial charge in [-0.1, -0.05) is 0 Å². The number of ether oxygens (including phenoxy) is 1. The van der Waals surface area contributed by atoms with E-state index in [0.717, 1.165) is 0 Å². The highest BCUT2D eigenvalue weighted by atomic mass is 16.5. The number of carbonyl (C=O) groups is 1. The fraction of sp³-hybridized carbons (Fsp3) is 0.286. The van der Waals surface area contributed by atoms with Crippen LogP contribution in [-0.2, 0) is 11.2 Å². The maximum absolute atomic E-state index is 10.3. The molecular formula is C7H9N3O3. The number of hydrogen-bond acceptors (Lipinski definition) is 5. The minimum absolute atomic E-state index is 0.0799. The number of rotatable bonds is 3. The van der Waals surface area contributed by atoms with Gasteiger partial charge in [-0.05, 0) is 0 Å². The first-order valence-electron chi connectivity index (χ1n) is 3.51. The number of methoxy groups -OCH3 is 1. The highest BCUT2D eigenvalue weighted by Crippen LogP contribution is 2.08. The van der Waals surface area contributed by atoms with E-state index in [2.05, 4.69) is 9.97 Å². The second-order valence-corrected chi connectivity index (χ2v) is 2.34. The molecule has 70 valence electrons. The Hall–Kier alpha value is -1.85. The number of aliphatic carboxylic acids is 1. The van der Waals surface area contributed by atoms with Crippen molar-refractivity contribution in [2.45, 2.75) is 6.42 Å². The van der Waals surface area contributed by atoms with E-state index >= 15 is 0 Å².